The van der Waals surface area contributed by atoms with Crippen LogP contribution >= 0.6 is 0 Å². The van der Waals surface area contributed by atoms with Crippen LogP contribution in [0.4, 0.5) is 0 Å². The summed E-state index contributed by atoms with van der Waals surface area (Å²) in [7, 11) is 2.29. The van der Waals surface area contributed by atoms with Gasteiger partial charge in [-0.2, -0.15) is 5.26 Å². The minimum Gasteiger partial charge on any atom is -0.300 e. The molecule has 0 spiro atoms. The number of rotatable bonds is 1. The van der Waals surface area contributed by atoms with Gasteiger partial charge < -0.3 is 0 Å². The summed E-state index contributed by atoms with van der Waals surface area (Å²) in [5, 5.41) is 9.85. The molecule has 3 heteroatoms. The van der Waals surface area contributed by atoms with E-state index in [1.165, 1.54) is 51.6 Å². The first kappa shape index (κ1) is 11.3. The fourth-order valence-corrected chi connectivity index (χ4v) is 5.45. The topological polar surface area (TPSA) is 30.3 Å². The monoisotopic (exact) mass is 245 g/mol. The molecule has 0 N–H and O–H groups in total. The number of nitriles is 1. The molecular formula is C15H23N3. The van der Waals surface area contributed by atoms with Crippen LogP contribution in [-0.4, -0.2) is 47.6 Å². The van der Waals surface area contributed by atoms with Crippen LogP contribution in [0, 0.1) is 23.2 Å². The van der Waals surface area contributed by atoms with E-state index >= 15 is 0 Å². The van der Waals surface area contributed by atoms with Crippen LogP contribution < -0.4 is 0 Å². The van der Waals surface area contributed by atoms with Gasteiger partial charge in [0.2, 0.25) is 0 Å². The summed E-state index contributed by atoms with van der Waals surface area (Å²) in [4.78, 5) is 5.16. The maximum absolute atomic E-state index is 9.85. The second kappa shape index (κ2) is 3.71. The zero-order valence-electron chi connectivity index (χ0n) is 11.3. The lowest BCUT2D eigenvalue weighted by atomic mass is 9.91. The largest absolute Gasteiger partial charge is 0.300 e. The predicted octanol–water partition coefficient (Wildman–Crippen LogP) is 1.85. The molecule has 2 bridgehead atoms. The average molecular weight is 245 g/mol. The van der Waals surface area contributed by atoms with Crippen molar-refractivity contribution in [3.05, 3.63) is 0 Å². The quantitative estimate of drug-likeness (QED) is 0.706. The van der Waals surface area contributed by atoms with Gasteiger partial charge >= 0.3 is 0 Å². The van der Waals surface area contributed by atoms with Crippen LogP contribution in [-0.2, 0) is 0 Å². The Hall–Kier alpha value is -0.590. The van der Waals surface area contributed by atoms with Crippen LogP contribution in [0.5, 0.6) is 0 Å². The van der Waals surface area contributed by atoms with Gasteiger partial charge in [-0.25, -0.2) is 0 Å². The Labute approximate surface area is 110 Å². The highest BCUT2D eigenvalue weighted by Gasteiger charge is 2.78. The fraction of sp³-hybridized carbons (Fsp3) is 0.933. The third-order valence-corrected chi connectivity index (χ3v) is 6.23. The molecule has 0 aromatic carbocycles. The Balaban J connectivity index is 1.64. The molecule has 5 atom stereocenters. The predicted molar refractivity (Wildman–Crippen MR) is 69.9 cm³/mol. The van der Waals surface area contributed by atoms with Gasteiger partial charge in [-0.15, -0.1) is 0 Å². The van der Waals surface area contributed by atoms with Crippen molar-refractivity contribution in [1.82, 2.24) is 9.80 Å². The minimum atomic E-state index is -0.0529. The first-order chi connectivity index (χ1) is 8.80. The second-order valence-corrected chi connectivity index (χ2v) is 6.77. The molecule has 3 aliphatic heterocycles. The molecule has 4 fully saturated rings. The van der Waals surface area contributed by atoms with E-state index in [1.807, 2.05) is 0 Å². The normalized spacial score (nSPS) is 51.8. The lowest BCUT2D eigenvalue weighted by Gasteiger charge is -2.42. The van der Waals surface area contributed by atoms with Crippen molar-refractivity contribution in [2.45, 2.75) is 56.1 Å². The van der Waals surface area contributed by atoms with Crippen LogP contribution in [0.15, 0.2) is 0 Å². The molecule has 1 saturated carbocycles. The summed E-state index contributed by atoms with van der Waals surface area (Å²) in [6, 6.07) is 4.18. The summed E-state index contributed by atoms with van der Waals surface area (Å²) in [6.45, 7) is 2.34. The number of fused-ring (bicyclic) bond motifs is 5. The van der Waals surface area contributed by atoms with E-state index in [2.05, 4.69) is 22.9 Å². The standard InChI is InChI=1S/C15H23N3/c1-17-11-6-5-7-12(17)14-13(11)15(14,10-16)18-8-3-2-4-9-18/h11-14H,2-9H2,1H3/t11-,12+,13-,14+,15?. The van der Waals surface area contributed by atoms with E-state index in [0.717, 1.165) is 0 Å². The van der Waals surface area contributed by atoms with Gasteiger partial charge in [0, 0.05) is 23.9 Å². The molecule has 0 aromatic heterocycles. The van der Waals surface area contributed by atoms with Gasteiger partial charge in [0.25, 0.3) is 0 Å². The number of piperidine rings is 3. The van der Waals surface area contributed by atoms with Crippen molar-refractivity contribution >= 4 is 0 Å². The molecule has 0 amide bonds. The number of hydrogen-bond acceptors (Lipinski definition) is 3. The van der Waals surface area contributed by atoms with Crippen molar-refractivity contribution < 1.29 is 0 Å². The molecule has 3 saturated heterocycles. The average Bonchev–Trinajstić information content (AvgIpc) is 3.06. The molecule has 4 rings (SSSR count). The van der Waals surface area contributed by atoms with E-state index in [-0.39, 0.29) is 5.54 Å². The maximum Gasteiger partial charge on any atom is 0.118 e. The Morgan fingerprint density at radius 1 is 1.00 bits per heavy atom. The summed E-state index contributed by atoms with van der Waals surface area (Å²) < 4.78 is 0. The zero-order valence-corrected chi connectivity index (χ0v) is 11.3. The van der Waals surface area contributed by atoms with Crippen molar-refractivity contribution in [2.75, 3.05) is 20.1 Å². The number of likely N-dealkylation sites (tertiary alicyclic amines) is 1. The Morgan fingerprint density at radius 3 is 2.17 bits per heavy atom. The molecule has 3 heterocycles. The lowest BCUT2D eigenvalue weighted by molar-refractivity contribution is 0.0679. The highest BCUT2D eigenvalue weighted by molar-refractivity contribution is 5.38. The first-order valence-electron chi connectivity index (χ1n) is 7.69. The fourth-order valence-electron chi connectivity index (χ4n) is 5.45. The van der Waals surface area contributed by atoms with Gasteiger partial charge in [0.1, 0.15) is 5.54 Å². The molecule has 1 unspecified atom stereocenters. The van der Waals surface area contributed by atoms with Crippen molar-refractivity contribution in [3.8, 4) is 6.07 Å². The van der Waals surface area contributed by atoms with E-state index in [9.17, 15) is 5.26 Å². The molecule has 4 aliphatic rings. The molecule has 98 valence electrons. The highest BCUT2D eigenvalue weighted by Crippen LogP contribution is 2.67. The summed E-state index contributed by atoms with van der Waals surface area (Å²) in [5.41, 5.74) is -0.0529. The summed E-state index contributed by atoms with van der Waals surface area (Å²) in [5.74, 6) is 1.33. The third-order valence-electron chi connectivity index (χ3n) is 6.23. The molecule has 18 heavy (non-hydrogen) atoms. The summed E-state index contributed by atoms with van der Waals surface area (Å²) >= 11 is 0. The molecule has 3 nitrogen and oxygen atoms in total. The molecule has 0 aromatic rings. The Kier molecular flexibility index (Phi) is 2.32. The van der Waals surface area contributed by atoms with Crippen LogP contribution in [0.2, 0.25) is 0 Å². The molecule has 0 radical (unpaired) electrons. The van der Waals surface area contributed by atoms with Gasteiger partial charge in [0.05, 0.1) is 6.07 Å². The third kappa shape index (κ3) is 1.16. The zero-order chi connectivity index (χ0) is 12.3. The SMILES string of the molecule is CN1[C@@H]2CCC[C@H]1[C@H]1[C@@H]2C1(C#N)N1CCCCC1. The lowest BCUT2D eigenvalue weighted by Crippen LogP contribution is -2.52. The Morgan fingerprint density at radius 2 is 1.61 bits per heavy atom. The molecule has 1 aliphatic carbocycles. The van der Waals surface area contributed by atoms with Crippen molar-refractivity contribution in [2.24, 2.45) is 11.8 Å². The van der Waals surface area contributed by atoms with Gasteiger partial charge in [-0.1, -0.05) is 12.8 Å². The van der Waals surface area contributed by atoms with Crippen LogP contribution in [0.3, 0.4) is 0 Å². The minimum absolute atomic E-state index is 0.0529. The van der Waals surface area contributed by atoms with Crippen molar-refractivity contribution in [1.29, 1.82) is 5.26 Å². The highest BCUT2D eigenvalue weighted by atomic mass is 15.3. The number of nitrogens with zero attached hydrogens (tertiary/aromatic N) is 3. The van der Waals surface area contributed by atoms with Gasteiger partial charge in [-0.05, 0) is 45.8 Å². The van der Waals surface area contributed by atoms with Gasteiger partial charge in [0.15, 0.2) is 0 Å². The van der Waals surface area contributed by atoms with Gasteiger partial charge in [-0.3, -0.25) is 9.80 Å². The maximum atomic E-state index is 9.85. The number of hydrogen-bond donors (Lipinski definition) is 0. The van der Waals surface area contributed by atoms with Crippen molar-refractivity contribution in [3.63, 3.8) is 0 Å². The van der Waals surface area contributed by atoms with Crippen LogP contribution in [0.25, 0.3) is 0 Å². The first-order valence-corrected chi connectivity index (χ1v) is 7.69. The summed E-state index contributed by atoms with van der Waals surface area (Å²) in [6.07, 6.45) is 7.99. The van der Waals surface area contributed by atoms with E-state index < -0.39 is 0 Å². The van der Waals surface area contributed by atoms with E-state index in [1.54, 1.807) is 0 Å². The molecular weight excluding hydrogens is 222 g/mol. The van der Waals surface area contributed by atoms with Crippen LogP contribution in [0.1, 0.15) is 38.5 Å². The second-order valence-electron chi connectivity index (χ2n) is 6.77. The Bertz CT molecular complexity index is 375. The van der Waals surface area contributed by atoms with E-state index in [0.29, 0.717) is 23.9 Å². The smallest absolute Gasteiger partial charge is 0.118 e. The van der Waals surface area contributed by atoms with E-state index in [4.69, 9.17) is 0 Å².